The number of carbonyl (C=O) groups excluding carboxylic acids is 1. The second-order valence-electron chi connectivity index (χ2n) is 6.19. The fourth-order valence-corrected chi connectivity index (χ4v) is 2.87. The summed E-state index contributed by atoms with van der Waals surface area (Å²) in [5.41, 5.74) is 2.05. The Labute approximate surface area is 142 Å². The highest BCUT2D eigenvalue weighted by atomic mass is 16.2. The quantitative estimate of drug-likeness (QED) is 0.942. The van der Waals surface area contributed by atoms with Gasteiger partial charge < -0.3 is 15.1 Å². The van der Waals surface area contributed by atoms with Crippen molar-refractivity contribution in [2.75, 3.05) is 36.4 Å². The molecule has 0 saturated carbocycles. The molecule has 2 heterocycles. The number of anilines is 2. The van der Waals surface area contributed by atoms with Crippen molar-refractivity contribution < 1.29 is 4.79 Å². The number of nitrogens with zero attached hydrogens (tertiary/aromatic N) is 4. The van der Waals surface area contributed by atoms with Gasteiger partial charge in [-0.2, -0.15) is 0 Å². The van der Waals surface area contributed by atoms with Gasteiger partial charge in [0, 0.05) is 44.3 Å². The first-order valence-corrected chi connectivity index (χ1v) is 8.32. The lowest BCUT2D eigenvalue weighted by Gasteiger charge is -2.34. The number of rotatable bonds is 3. The van der Waals surface area contributed by atoms with Crippen LogP contribution in [0.15, 0.2) is 42.7 Å². The van der Waals surface area contributed by atoms with Gasteiger partial charge in [-0.15, -0.1) is 0 Å². The van der Waals surface area contributed by atoms with Gasteiger partial charge in [-0.1, -0.05) is 32.0 Å². The van der Waals surface area contributed by atoms with Crippen molar-refractivity contribution in [2.24, 2.45) is 0 Å². The number of piperazine rings is 1. The van der Waals surface area contributed by atoms with Crippen molar-refractivity contribution >= 4 is 17.7 Å². The number of urea groups is 1. The van der Waals surface area contributed by atoms with Crippen molar-refractivity contribution in [3.8, 4) is 0 Å². The van der Waals surface area contributed by atoms with Gasteiger partial charge in [-0.25, -0.2) is 14.8 Å². The Morgan fingerprint density at radius 3 is 2.38 bits per heavy atom. The van der Waals surface area contributed by atoms with E-state index in [0.717, 1.165) is 30.3 Å². The molecule has 1 fully saturated rings. The van der Waals surface area contributed by atoms with Gasteiger partial charge in [-0.05, 0) is 23.6 Å². The number of benzene rings is 1. The molecule has 24 heavy (non-hydrogen) atoms. The smallest absolute Gasteiger partial charge is 0.321 e. The van der Waals surface area contributed by atoms with Crippen LogP contribution >= 0.6 is 0 Å². The van der Waals surface area contributed by atoms with Gasteiger partial charge in [0.2, 0.25) is 5.95 Å². The standard InChI is InChI=1S/C18H23N5O/c1-14(2)15-6-3-4-7-16(15)21-18(24)23-12-10-22(11-13-23)17-19-8-5-9-20-17/h3-9,14H,10-13H2,1-2H3,(H,21,24). The summed E-state index contributed by atoms with van der Waals surface area (Å²) in [6.45, 7) is 7.06. The van der Waals surface area contributed by atoms with Crippen LogP contribution < -0.4 is 10.2 Å². The number of amides is 2. The van der Waals surface area contributed by atoms with Crippen LogP contribution in [0.2, 0.25) is 0 Å². The first-order chi connectivity index (χ1) is 11.6. The molecular formula is C18H23N5O. The van der Waals surface area contributed by atoms with E-state index in [1.54, 1.807) is 18.5 Å². The van der Waals surface area contributed by atoms with E-state index in [2.05, 4.69) is 40.1 Å². The van der Waals surface area contributed by atoms with E-state index in [9.17, 15) is 4.79 Å². The fourth-order valence-electron chi connectivity index (χ4n) is 2.87. The molecule has 2 aromatic rings. The Bertz CT molecular complexity index is 681. The van der Waals surface area contributed by atoms with E-state index in [1.807, 2.05) is 23.1 Å². The highest BCUT2D eigenvalue weighted by molar-refractivity contribution is 5.90. The van der Waals surface area contributed by atoms with Gasteiger partial charge in [0.1, 0.15) is 0 Å². The van der Waals surface area contributed by atoms with Crippen LogP contribution in [-0.4, -0.2) is 47.1 Å². The third-order valence-corrected chi connectivity index (χ3v) is 4.23. The second kappa shape index (κ2) is 7.29. The Kier molecular flexibility index (Phi) is 4.93. The van der Waals surface area contributed by atoms with Crippen LogP contribution in [0.25, 0.3) is 0 Å². The lowest BCUT2D eigenvalue weighted by molar-refractivity contribution is 0.208. The lowest BCUT2D eigenvalue weighted by Crippen LogP contribution is -2.50. The zero-order chi connectivity index (χ0) is 16.9. The molecule has 1 aromatic carbocycles. The van der Waals surface area contributed by atoms with Crippen molar-refractivity contribution in [3.63, 3.8) is 0 Å². The van der Waals surface area contributed by atoms with Gasteiger partial charge in [0.25, 0.3) is 0 Å². The number of aromatic nitrogens is 2. The molecule has 6 heteroatoms. The molecule has 1 N–H and O–H groups in total. The van der Waals surface area contributed by atoms with Crippen molar-refractivity contribution in [3.05, 3.63) is 48.3 Å². The second-order valence-corrected chi connectivity index (χ2v) is 6.19. The van der Waals surface area contributed by atoms with E-state index < -0.39 is 0 Å². The summed E-state index contributed by atoms with van der Waals surface area (Å²) in [6, 6.07) is 9.73. The molecule has 6 nitrogen and oxygen atoms in total. The van der Waals surface area contributed by atoms with Crippen molar-refractivity contribution in [1.82, 2.24) is 14.9 Å². The molecule has 0 bridgehead atoms. The Morgan fingerprint density at radius 1 is 1.04 bits per heavy atom. The molecule has 1 aromatic heterocycles. The average Bonchev–Trinajstić information content (AvgIpc) is 2.63. The molecule has 0 atom stereocenters. The van der Waals surface area contributed by atoms with Gasteiger partial charge in [0.15, 0.2) is 0 Å². The average molecular weight is 325 g/mol. The van der Waals surface area contributed by atoms with E-state index in [4.69, 9.17) is 0 Å². The number of para-hydroxylation sites is 1. The maximum Gasteiger partial charge on any atom is 0.321 e. The molecule has 0 spiro atoms. The molecular weight excluding hydrogens is 302 g/mol. The summed E-state index contributed by atoms with van der Waals surface area (Å²) >= 11 is 0. The minimum atomic E-state index is -0.0447. The molecule has 1 aliphatic heterocycles. The molecule has 0 radical (unpaired) electrons. The predicted octanol–water partition coefficient (Wildman–Crippen LogP) is 2.95. The summed E-state index contributed by atoms with van der Waals surface area (Å²) < 4.78 is 0. The highest BCUT2D eigenvalue weighted by Gasteiger charge is 2.23. The van der Waals surface area contributed by atoms with Crippen LogP contribution in [0.3, 0.4) is 0 Å². The number of carbonyl (C=O) groups is 1. The highest BCUT2D eigenvalue weighted by Crippen LogP contribution is 2.24. The SMILES string of the molecule is CC(C)c1ccccc1NC(=O)N1CCN(c2ncccn2)CC1. The normalized spacial score (nSPS) is 14.8. The maximum atomic E-state index is 12.6. The van der Waals surface area contributed by atoms with E-state index in [1.165, 1.54) is 0 Å². The lowest BCUT2D eigenvalue weighted by atomic mass is 10.0. The molecule has 0 unspecified atom stereocenters. The van der Waals surface area contributed by atoms with Crippen molar-refractivity contribution in [1.29, 1.82) is 0 Å². The number of nitrogens with one attached hydrogen (secondary N) is 1. The summed E-state index contributed by atoms with van der Waals surface area (Å²) in [5, 5.41) is 3.05. The van der Waals surface area contributed by atoms with E-state index >= 15 is 0 Å². The van der Waals surface area contributed by atoms with Crippen molar-refractivity contribution in [2.45, 2.75) is 19.8 Å². The van der Waals surface area contributed by atoms with Crippen LogP contribution in [0.1, 0.15) is 25.3 Å². The molecule has 3 rings (SSSR count). The zero-order valence-corrected chi connectivity index (χ0v) is 14.1. The number of hydrogen-bond donors (Lipinski definition) is 1. The van der Waals surface area contributed by atoms with E-state index in [-0.39, 0.29) is 6.03 Å². The predicted molar refractivity (Wildman–Crippen MR) is 95.4 cm³/mol. The Morgan fingerprint density at radius 2 is 1.71 bits per heavy atom. The third-order valence-electron chi connectivity index (χ3n) is 4.23. The number of hydrogen-bond acceptors (Lipinski definition) is 4. The zero-order valence-electron chi connectivity index (χ0n) is 14.1. The van der Waals surface area contributed by atoms with Crippen LogP contribution in [0.5, 0.6) is 0 Å². The monoisotopic (exact) mass is 325 g/mol. The first-order valence-electron chi connectivity index (χ1n) is 8.32. The first kappa shape index (κ1) is 16.2. The van der Waals surface area contributed by atoms with Crippen LogP contribution in [0, 0.1) is 0 Å². The molecule has 1 aliphatic rings. The molecule has 1 saturated heterocycles. The van der Waals surface area contributed by atoms with Gasteiger partial charge >= 0.3 is 6.03 Å². The molecule has 0 aliphatic carbocycles. The topological polar surface area (TPSA) is 61.4 Å². The maximum absolute atomic E-state index is 12.6. The molecule has 2 amide bonds. The minimum absolute atomic E-state index is 0.0447. The van der Waals surface area contributed by atoms with Gasteiger partial charge in [-0.3, -0.25) is 0 Å². The summed E-state index contributed by atoms with van der Waals surface area (Å²) in [4.78, 5) is 25.0. The largest absolute Gasteiger partial charge is 0.337 e. The third kappa shape index (κ3) is 3.64. The summed E-state index contributed by atoms with van der Waals surface area (Å²) in [7, 11) is 0. The van der Waals surface area contributed by atoms with Crippen LogP contribution in [0.4, 0.5) is 16.4 Å². The Balaban J connectivity index is 1.60. The molecule has 126 valence electrons. The summed E-state index contributed by atoms with van der Waals surface area (Å²) in [6.07, 6.45) is 3.48. The van der Waals surface area contributed by atoms with Crippen LogP contribution in [-0.2, 0) is 0 Å². The Hall–Kier alpha value is -2.63. The fraction of sp³-hybridized carbons (Fsp3) is 0.389. The summed E-state index contributed by atoms with van der Waals surface area (Å²) in [5.74, 6) is 1.09. The minimum Gasteiger partial charge on any atom is -0.337 e. The van der Waals surface area contributed by atoms with Gasteiger partial charge in [0.05, 0.1) is 0 Å². The van der Waals surface area contributed by atoms with E-state index in [0.29, 0.717) is 19.0 Å².